The fraction of sp³-hybridized carbons (Fsp3) is 0.385. The van der Waals surface area contributed by atoms with Gasteiger partial charge in [-0.15, -0.1) is 0 Å². The van der Waals surface area contributed by atoms with Crippen LogP contribution in [0.15, 0.2) is 30.3 Å². The zero-order valence-electron chi connectivity index (χ0n) is 10.4. The molecule has 0 spiro atoms. The van der Waals surface area contributed by atoms with Crippen LogP contribution in [-0.2, 0) is 16.1 Å². The van der Waals surface area contributed by atoms with E-state index in [0.717, 1.165) is 12.0 Å². The molecule has 1 fully saturated rings. The zero-order chi connectivity index (χ0) is 13.7. The Bertz CT molecular complexity index is 449. The molecule has 1 aromatic rings. The fourth-order valence-electron chi connectivity index (χ4n) is 2.03. The molecule has 0 aromatic heterocycles. The minimum absolute atomic E-state index is 0.165. The zero-order valence-corrected chi connectivity index (χ0v) is 10.4. The number of carboxylic acid groups (broad SMARTS) is 1. The standard InChI is InChI=1S/C13H16N2O4/c16-12(17)11-7-4-8-15(11)14-13(18)19-9-10-5-2-1-3-6-10/h1-3,5-6,11H,4,7-9H2,(H,14,18)(H,16,17)/t11-/m1/s1. The van der Waals surface area contributed by atoms with E-state index < -0.39 is 18.1 Å². The molecule has 1 aliphatic rings. The minimum Gasteiger partial charge on any atom is -0.480 e. The van der Waals surface area contributed by atoms with Gasteiger partial charge in [0.15, 0.2) is 0 Å². The molecule has 2 rings (SSSR count). The number of carbonyl (C=O) groups excluding carboxylic acids is 1. The SMILES string of the molecule is O=C(NN1CCC[C@@H]1C(=O)O)OCc1ccccc1. The molecule has 1 amide bonds. The van der Waals surface area contributed by atoms with Gasteiger partial charge in [-0.2, -0.15) is 0 Å². The lowest BCUT2D eigenvalue weighted by Gasteiger charge is -2.21. The highest BCUT2D eigenvalue weighted by molar-refractivity contribution is 5.75. The van der Waals surface area contributed by atoms with Crippen molar-refractivity contribution in [1.82, 2.24) is 10.4 Å². The van der Waals surface area contributed by atoms with Crippen molar-refractivity contribution in [3.05, 3.63) is 35.9 Å². The van der Waals surface area contributed by atoms with E-state index in [9.17, 15) is 9.59 Å². The van der Waals surface area contributed by atoms with Gasteiger partial charge in [0.05, 0.1) is 0 Å². The van der Waals surface area contributed by atoms with Crippen molar-refractivity contribution in [2.24, 2.45) is 0 Å². The molecule has 1 aliphatic heterocycles. The van der Waals surface area contributed by atoms with Gasteiger partial charge in [-0.05, 0) is 18.4 Å². The maximum absolute atomic E-state index is 11.6. The Morgan fingerprint density at radius 1 is 1.37 bits per heavy atom. The molecule has 0 bridgehead atoms. The smallest absolute Gasteiger partial charge is 0.422 e. The topological polar surface area (TPSA) is 78.9 Å². The Morgan fingerprint density at radius 2 is 2.11 bits per heavy atom. The van der Waals surface area contributed by atoms with E-state index in [2.05, 4.69) is 5.43 Å². The second-order valence-corrected chi connectivity index (χ2v) is 4.36. The number of aliphatic carboxylic acids is 1. The van der Waals surface area contributed by atoms with Crippen molar-refractivity contribution in [1.29, 1.82) is 0 Å². The monoisotopic (exact) mass is 264 g/mol. The number of nitrogens with zero attached hydrogens (tertiary/aromatic N) is 1. The highest BCUT2D eigenvalue weighted by Crippen LogP contribution is 2.14. The quantitative estimate of drug-likeness (QED) is 0.858. The lowest BCUT2D eigenvalue weighted by molar-refractivity contribution is -0.142. The normalized spacial score (nSPS) is 19.1. The molecule has 6 nitrogen and oxygen atoms in total. The number of ether oxygens (including phenoxy) is 1. The third-order valence-corrected chi connectivity index (χ3v) is 2.99. The lowest BCUT2D eigenvalue weighted by atomic mass is 10.2. The molecule has 0 unspecified atom stereocenters. The second kappa shape index (κ2) is 6.19. The summed E-state index contributed by atoms with van der Waals surface area (Å²) >= 11 is 0. The van der Waals surface area contributed by atoms with Crippen LogP contribution >= 0.6 is 0 Å². The number of hydrogen-bond acceptors (Lipinski definition) is 4. The summed E-state index contributed by atoms with van der Waals surface area (Å²) < 4.78 is 5.03. The van der Waals surface area contributed by atoms with Crippen molar-refractivity contribution in [2.75, 3.05) is 6.54 Å². The van der Waals surface area contributed by atoms with E-state index in [-0.39, 0.29) is 6.61 Å². The number of rotatable bonds is 4. The number of carbonyl (C=O) groups is 2. The van der Waals surface area contributed by atoms with Crippen LogP contribution in [-0.4, -0.2) is 34.8 Å². The Hall–Kier alpha value is -2.08. The predicted octanol–water partition coefficient (Wildman–Crippen LogP) is 1.38. The van der Waals surface area contributed by atoms with E-state index in [1.807, 2.05) is 30.3 Å². The Kier molecular flexibility index (Phi) is 4.35. The van der Waals surface area contributed by atoms with Gasteiger partial charge in [0.1, 0.15) is 12.6 Å². The first kappa shape index (κ1) is 13.4. The van der Waals surface area contributed by atoms with Crippen LogP contribution in [0.4, 0.5) is 4.79 Å². The summed E-state index contributed by atoms with van der Waals surface area (Å²) in [5, 5.41) is 10.4. The summed E-state index contributed by atoms with van der Waals surface area (Å²) in [6.45, 7) is 0.690. The molecule has 1 heterocycles. The molecule has 0 saturated carbocycles. The number of carboxylic acids is 1. The van der Waals surface area contributed by atoms with E-state index in [1.165, 1.54) is 5.01 Å². The molecular weight excluding hydrogens is 248 g/mol. The summed E-state index contributed by atoms with van der Waals surface area (Å²) in [5.41, 5.74) is 3.36. The molecule has 0 aliphatic carbocycles. The van der Waals surface area contributed by atoms with Gasteiger partial charge in [0.2, 0.25) is 0 Å². The number of hydrogen-bond donors (Lipinski definition) is 2. The number of hydrazine groups is 1. The third kappa shape index (κ3) is 3.69. The summed E-state index contributed by atoms with van der Waals surface area (Å²) in [6, 6.07) is 8.64. The van der Waals surface area contributed by atoms with Crippen molar-refractivity contribution in [2.45, 2.75) is 25.5 Å². The van der Waals surface area contributed by atoms with Gasteiger partial charge in [0, 0.05) is 6.54 Å². The second-order valence-electron chi connectivity index (χ2n) is 4.36. The highest BCUT2D eigenvalue weighted by atomic mass is 16.6. The number of amides is 1. The van der Waals surface area contributed by atoms with E-state index >= 15 is 0 Å². The van der Waals surface area contributed by atoms with Crippen LogP contribution in [0.5, 0.6) is 0 Å². The van der Waals surface area contributed by atoms with Gasteiger partial charge < -0.3 is 9.84 Å². The molecule has 102 valence electrons. The fourth-order valence-corrected chi connectivity index (χ4v) is 2.03. The van der Waals surface area contributed by atoms with Crippen LogP contribution in [0.25, 0.3) is 0 Å². The minimum atomic E-state index is -0.930. The maximum atomic E-state index is 11.6. The number of benzene rings is 1. The summed E-state index contributed by atoms with van der Waals surface area (Å²) in [6.07, 6.45) is 0.654. The van der Waals surface area contributed by atoms with Crippen LogP contribution in [0.1, 0.15) is 18.4 Å². The molecule has 6 heteroatoms. The molecule has 1 saturated heterocycles. The molecule has 0 radical (unpaired) electrons. The largest absolute Gasteiger partial charge is 0.480 e. The first-order valence-electron chi connectivity index (χ1n) is 6.13. The van der Waals surface area contributed by atoms with Gasteiger partial charge in [-0.3, -0.25) is 10.2 Å². The molecule has 1 atom stereocenters. The predicted molar refractivity (Wildman–Crippen MR) is 67.1 cm³/mol. The highest BCUT2D eigenvalue weighted by Gasteiger charge is 2.31. The Morgan fingerprint density at radius 3 is 2.79 bits per heavy atom. The lowest BCUT2D eigenvalue weighted by Crippen LogP contribution is -2.48. The summed E-state index contributed by atoms with van der Waals surface area (Å²) in [7, 11) is 0. The summed E-state index contributed by atoms with van der Waals surface area (Å²) in [5.74, 6) is -0.930. The molecular formula is C13H16N2O4. The molecule has 19 heavy (non-hydrogen) atoms. The number of nitrogens with one attached hydrogen (secondary N) is 1. The van der Waals surface area contributed by atoms with Gasteiger partial charge in [-0.25, -0.2) is 9.80 Å². The first-order chi connectivity index (χ1) is 9.16. The van der Waals surface area contributed by atoms with Crippen molar-refractivity contribution >= 4 is 12.1 Å². The first-order valence-corrected chi connectivity index (χ1v) is 6.13. The molecule has 2 N–H and O–H groups in total. The van der Waals surface area contributed by atoms with Crippen LogP contribution in [0, 0.1) is 0 Å². The van der Waals surface area contributed by atoms with Crippen molar-refractivity contribution in [3.8, 4) is 0 Å². The van der Waals surface area contributed by atoms with Crippen LogP contribution < -0.4 is 5.43 Å². The van der Waals surface area contributed by atoms with Crippen LogP contribution in [0.2, 0.25) is 0 Å². The third-order valence-electron chi connectivity index (χ3n) is 2.99. The molecule has 1 aromatic carbocycles. The van der Waals surface area contributed by atoms with E-state index in [4.69, 9.17) is 9.84 Å². The van der Waals surface area contributed by atoms with E-state index in [0.29, 0.717) is 13.0 Å². The average molecular weight is 264 g/mol. The summed E-state index contributed by atoms with van der Waals surface area (Å²) in [4.78, 5) is 22.5. The van der Waals surface area contributed by atoms with Gasteiger partial charge in [-0.1, -0.05) is 30.3 Å². The van der Waals surface area contributed by atoms with Crippen molar-refractivity contribution < 1.29 is 19.4 Å². The van der Waals surface area contributed by atoms with Gasteiger partial charge in [0.25, 0.3) is 0 Å². The Balaban J connectivity index is 1.80. The maximum Gasteiger partial charge on any atom is 0.422 e. The Labute approximate surface area is 110 Å². The van der Waals surface area contributed by atoms with Crippen molar-refractivity contribution in [3.63, 3.8) is 0 Å². The van der Waals surface area contributed by atoms with E-state index in [1.54, 1.807) is 0 Å². The van der Waals surface area contributed by atoms with Gasteiger partial charge >= 0.3 is 12.1 Å². The average Bonchev–Trinajstić information content (AvgIpc) is 2.86. The van der Waals surface area contributed by atoms with Crippen LogP contribution in [0.3, 0.4) is 0 Å².